The third-order valence-corrected chi connectivity index (χ3v) is 4.17. The van der Waals surface area contributed by atoms with Crippen LogP contribution in [0.1, 0.15) is 45.2 Å². The van der Waals surface area contributed by atoms with Crippen molar-refractivity contribution in [2.24, 2.45) is 5.41 Å². The summed E-state index contributed by atoms with van der Waals surface area (Å²) in [4.78, 5) is 12.4. The van der Waals surface area contributed by atoms with Gasteiger partial charge in [0.2, 0.25) is 5.91 Å². The molecule has 1 aromatic rings. The normalized spacial score (nSPS) is 22.6. The van der Waals surface area contributed by atoms with Crippen molar-refractivity contribution in [3.63, 3.8) is 0 Å². The molecule has 0 aromatic heterocycles. The summed E-state index contributed by atoms with van der Waals surface area (Å²) in [5.74, 6) is -1.19. The fourth-order valence-corrected chi connectivity index (χ4v) is 2.88. The van der Waals surface area contributed by atoms with E-state index in [1.165, 1.54) is 0 Å². The van der Waals surface area contributed by atoms with Crippen LogP contribution in [0.5, 0.6) is 0 Å². The van der Waals surface area contributed by atoms with E-state index in [1.54, 1.807) is 6.92 Å². The van der Waals surface area contributed by atoms with Crippen molar-refractivity contribution < 1.29 is 13.6 Å². The molecule has 1 fully saturated rings. The molecule has 0 spiro atoms. The first-order valence-electron chi connectivity index (χ1n) is 7.30. The first-order chi connectivity index (χ1) is 9.81. The summed E-state index contributed by atoms with van der Waals surface area (Å²) in [6.07, 6.45) is 1.99. The largest absolute Gasteiger partial charge is 0.348 e. The van der Waals surface area contributed by atoms with Crippen LogP contribution in [0.15, 0.2) is 18.2 Å². The highest BCUT2D eigenvalue weighted by Crippen LogP contribution is 2.30. The molecule has 1 aliphatic rings. The van der Waals surface area contributed by atoms with Crippen LogP contribution in [-0.2, 0) is 4.79 Å². The van der Waals surface area contributed by atoms with Gasteiger partial charge in [-0.3, -0.25) is 4.79 Å². The molecule has 3 nitrogen and oxygen atoms in total. The summed E-state index contributed by atoms with van der Waals surface area (Å²) >= 11 is 0. The number of nitrogens with one attached hydrogen (secondary N) is 2. The van der Waals surface area contributed by atoms with E-state index >= 15 is 0 Å². The molecule has 1 aromatic carbocycles. The van der Waals surface area contributed by atoms with Gasteiger partial charge in [-0.1, -0.05) is 13.8 Å². The molecule has 1 heterocycles. The van der Waals surface area contributed by atoms with Gasteiger partial charge in [0.25, 0.3) is 0 Å². The summed E-state index contributed by atoms with van der Waals surface area (Å²) in [6, 6.07) is 2.38. The summed E-state index contributed by atoms with van der Waals surface area (Å²) in [5.41, 5.74) is 0.0136. The lowest BCUT2D eigenvalue weighted by Crippen LogP contribution is -2.55. The Kier molecular flexibility index (Phi) is 4.61. The Morgan fingerprint density at radius 1 is 1.43 bits per heavy atom. The predicted molar refractivity (Wildman–Crippen MR) is 77.7 cm³/mol. The van der Waals surface area contributed by atoms with E-state index in [0.717, 1.165) is 37.6 Å². The molecular formula is C16H22F2N2O. The number of rotatable bonds is 3. The van der Waals surface area contributed by atoms with Crippen LogP contribution in [0.2, 0.25) is 0 Å². The number of hydrogen-bond donors (Lipinski definition) is 2. The number of carbonyl (C=O) groups is 1. The first-order valence-corrected chi connectivity index (χ1v) is 7.30. The molecule has 2 unspecified atom stereocenters. The average molecular weight is 296 g/mol. The van der Waals surface area contributed by atoms with Crippen molar-refractivity contribution >= 4 is 5.91 Å². The molecule has 1 aliphatic heterocycles. The van der Waals surface area contributed by atoms with Gasteiger partial charge in [-0.05, 0) is 49.9 Å². The van der Waals surface area contributed by atoms with E-state index in [9.17, 15) is 13.6 Å². The second-order valence-electron chi connectivity index (χ2n) is 6.38. The zero-order valence-corrected chi connectivity index (χ0v) is 12.7. The van der Waals surface area contributed by atoms with Crippen molar-refractivity contribution in [3.8, 4) is 0 Å². The van der Waals surface area contributed by atoms with Gasteiger partial charge in [0.15, 0.2) is 0 Å². The molecule has 21 heavy (non-hydrogen) atoms. The van der Waals surface area contributed by atoms with Crippen LogP contribution in [0.25, 0.3) is 0 Å². The Hall–Kier alpha value is -1.49. The smallest absolute Gasteiger partial charge is 0.238 e. The Morgan fingerprint density at radius 3 is 2.81 bits per heavy atom. The number of amides is 1. The maximum Gasteiger partial charge on any atom is 0.238 e. The van der Waals surface area contributed by atoms with Gasteiger partial charge >= 0.3 is 0 Å². The van der Waals surface area contributed by atoms with Crippen molar-refractivity contribution in [1.29, 1.82) is 0 Å². The predicted octanol–water partition coefficient (Wildman–Crippen LogP) is 2.92. The van der Waals surface area contributed by atoms with Gasteiger partial charge in [0.1, 0.15) is 11.6 Å². The van der Waals surface area contributed by atoms with Crippen molar-refractivity contribution in [1.82, 2.24) is 10.6 Å². The van der Waals surface area contributed by atoms with Gasteiger partial charge in [-0.15, -0.1) is 0 Å². The van der Waals surface area contributed by atoms with E-state index in [4.69, 9.17) is 0 Å². The molecule has 2 rings (SSSR count). The fraction of sp³-hybridized carbons (Fsp3) is 0.562. The van der Waals surface area contributed by atoms with E-state index in [1.807, 2.05) is 13.8 Å². The lowest BCUT2D eigenvalue weighted by atomic mass is 9.77. The molecule has 116 valence electrons. The van der Waals surface area contributed by atoms with Crippen LogP contribution >= 0.6 is 0 Å². The number of halogens is 2. The molecule has 5 heteroatoms. The van der Waals surface area contributed by atoms with Gasteiger partial charge in [-0.2, -0.15) is 0 Å². The van der Waals surface area contributed by atoms with E-state index in [-0.39, 0.29) is 22.9 Å². The van der Waals surface area contributed by atoms with Crippen LogP contribution in [-0.4, -0.2) is 18.5 Å². The molecule has 0 aliphatic carbocycles. The molecule has 1 amide bonds. The Balaban J connectivity index is 2.10. The quantitative estimate of drug-likeness (QED) is 0.900. The van der Waals surface area contributed by atoms with Gasteiger partial charge in [0, 0.05) is 5.56 Å². The van der Waals surface area contributed by atoms with Crippen LogP contribution in [0, 0.1) is 17.0 Å². The maximum absolute atomic E-state index is 13.7. The van der Waals surface area contributed by atoms with Crippen molar-refractivity contribution in [3.05, 3.63) is 35.4 Å². The first kappa shape index (κ1) is 15.9. The summed E-state index contributed by atoms with van der Waals surface area (Å²) in [6.45, 7) is 6.53. The van der Waals surface area contributed by atoms with Crippen LogP contribution in [0.3, 0.4) is 0 Å². The topological polar surface area (TPSA) is 41.1 Å². The molecule has 2 atom stereocenters. The Bertz CT molecular complexity index is 531. The SMILES string of the molecule is CC(NC(=O)C1NCCCC1(C)C)c1cc(F)ccc1F. The minimum Gasteiger partial charge on any atom is -0.348 e. The molecule has 0 saturated carbocycles. The van der Waals surface area contributed by atoms with Crippen LogP contribution < -0.4 is 10.6 Å². The van der Waals surface area contributed by atoms with Gasteiger partial charge in [-0.25, -0.2) is 8.78 Å². The number of benzene rings is 1. The van der Waals surface area contributed by atoms with Gasteiger partial charge in [0.05, 0.1) is 12.1 Å². The summed E-state index contributed by atoms with van der Waals surface area (Å²) in [5, 5.41) is 5.99. The average Bonchev–Trinajstić information content (AvgIpc) is 2.40. The highest BCUT2D eigenvalue weighted by atomic mass is 19.1. The highest BCUT2D eigenvalue weighted by Gasteiger charge is 2.37. The minimum absolute atomic E-state index is 0.150. The van der Waals surface area contributed by atoms with Crippen molar-refractivity contribution in [2.75, 3.05) is 6.54 Å². The van der Waals surface area contributed by atoms with Gasteiger partial charge < -0.3 is 10.6 Å². The van der Waals surface area contributed by atoms with E-state index < -0.39 is 17.7 Å². The number of hydrogen-bond acceptors (Lipinski definition) is 2. The fourth-order valence-electron chi connectivity index (χ4n) is 2.88. The second kappa shape index (κ2) is 6.10. The zero-order chi connectivity index (χ0) is 15.6. The molecule has 1 saturated heterocycles. The number of piperidine rings is 1. The zero-order valence-electron chi connectivity index (χ0n) is 12.7. The third-order valence-electron chi connectivity index (χ3n) is 4.17. The molecule has 0 radical (unpaired) electrons. The second-order valence-corrected chi connectivity index (χ2v) is 6.38. The number of carbonyl (C=O) groups excluding carboxylic acids is 1. The highest BCUT2D eigenvalue weighted by molar-refractivity contribution is 5.83. The lowest BCUT2D eigenvalue weighted by Gasteiger charge is -2.38. The summed E-state index contributed by atoms with van der Waals surface area (Å²) < 4.78 is 27.0. The minimum atomic E-state index is -0.576. The van der Waals surface area contributed by atoms with Crippen LogP contribution in [0.4, 0.5) is 8.78 Å². The van der Waals surface area contributed by atoms with E-state index in [0.29, 0.717) is 0 Å². The monoisotopic (exact) mass is 296 g/mol. The van der Waals surface area contributed by atoms with E-state index in [2.05, 4.69) is 10.6 Å². The Morgan fingerprint density at radius 2 is 2.14 bits per heavy atom. The Labute approximate surface area is 124 Å². The standard InChI is InChI=1S/C16H22F2N2O/c1-10(12-9-11(17)5-6-13(12)18)20-15(21)14-16(2,3)7-4-8-19-14/h5-6,9-10,14,19H,4,7-8H2,1-3H3,(H,20,21). The maximum atomic E-state index is 13.7. The molecular weight excluding hydrogens is 274 g/mol. The van der Waals surface area contributed by atoms with Crippen molar-refractivity contribution in [2.45, 2.75) is 45.7 Å². The summed E-state index contributed by atoms with van der Waals surface area (Å²) in [7, 11) is 0. The lowest BCUT2D eigenvalue weighted by molar-refractivity contribution is -0.127. The molecule has 0 bridgehead atoms. The molecule has 2 N–H and O–H groups in total. The third kappa shape index (κ3) is 3.59.